The molecule has 0 aliphatic carbocycles. The number of hydrogen-bond donors (Lipinski definition) is 3. The van der Waals surface area contributed by atoms with E-state index in [1.54, 1.807) is 0 Å². The van der Waals surface area contributed by atoms with Crippen LogP contribution in [0.25, 0.3) is 0 Å². The van der Waals surface area contributed by atoms with Crippen molar-refractivity contribution in [2.75, 3.05) is 32.0 Å². The second-order valence-electron chi connectivity index (χ2n) is 5.17. The minimum atomic E-state index is -3.46. The van der Waals surface area contributed by atoms with Crippen LogP contribution in [0.15, 0.2) is 0 Å². The maximum atomic E-state index is 11.6. The highest BCUT2D eigenvalue weighted by Gasteiger charge is 2.17. The third-order valence-corrected chi connectivity index (χ3v) is 4.21. The fraction of sp³-hybridized carbons (Fsp3) is 0.917. The van der Waals surface area contributed by atoms with E-state index in [2.05, 4.69) is 15.4 Å². The van der Waals surface area contributed by atoms with E-state index in [1.165, 1.54) is 0 Å². The highest BCUT2D eigenvalue weighted by Crippen LogP contribution is 2.00. The van der Waals surface area contributed by atoms with E-state index in [-0.39, 0.29) is 49.4 Å². The Bertz CT molecular complexity index is 397. The number of sulfonamides is 1. The van der Waals surface area contributed by atoms with Gasteiger partial charge in [-0.15, -0.1) is 12.4 Å². The Balaban J connectivity index is 0.00000400. The predicted octanol–water partition coefficient (Wildman–Crippen LogP) is -0.379. The first-order chi connectivity index (χ1) is 9.39. The summed E-state index contributed by atoms with van der Waals surface area (Å²) in [6.07, 6.45) is 1.93. The van der Waals surface area contributed by atoms with Crippen LogP contribution in [0.2, 0.25) is 0 Å². The zero-order valence-corrected chi connectivity index (χ0v) is 14.2. The number of carbonyl (C=O) groups is 1. The summed E-state index contributed by atoms with van der Waals surface area (Å²) in [6, 6.07) is 0.0880. The van der Waals surface area contributed by atoms with Crippen molar-refractivity contribution in [3.05, 3.63) is 0 Å². The molecule has 1 heterocycles. The minimum Gasteiger partial charge on any atom is -0.378 e. The molecular weight excluding hydrogens is 318 g/mol. The zero-order valence-electron chi connectivity index (χ0n) is 12.6. The smallest absolute Gasteiger partial charge is 0.235 e. The minimum absolute atomic E-state index is 0. The molecule has 0 aromatic heterocycles. The first-order valence-electron chi connectivity index (χ1n) is 6.98. The zero-order chi connectivity index (χ0) is 15.0. The third-order valence-electron chi connectivity index (χ3n) is 2.92. The molecule has 0 saturated carbocycles. The van der Waals surface area contributed by atoms with E-state index in [4.69, 9.17) is 4.74 Å². The largest absolute Gasteiger partial charge is 0.378 e. The van der Waals surface area contributed by atoms with Gasteiger partial charge in [-0.3, -0.25) is 4.79 Å². The fourth-order valence-electron chi connectivity index (χ4n) is 1.89. The summed E-state index contributed by atoms with van der Waals surface area (Å²) in [6.45, 7) is 5.29. The topological polar surface area (TPSA) is 96.5 Å². The van der Waals surface area contributed by atoms with Crippen LogP contribution in [0.5, 0.6) is 0 Å². The average molecular weight is 344 g/mol. The maximum absolute atomic E-state index is 11.6. The van der Waals surface area contributed by atoms with Crippen LogP contribution >= 0.6 is 12.4 Å². The number of amides is 1. The molecule has 0 aromatic rings. The van der Waals surface area contributed by atoms with Gasteiger partial charge >= 0.3 is 0 Å². The summed E-state index contributed by atoms with van der Waals surface area (Å²) in [5, 5.41) is 5.99. The van der Waals surface area contributed by atoms with Crippen molar-refractivity contribution in [2.24, 2.45) is 0 Å². The molecule has 0 radical (unpaired) electrons. The molecule has 0 spiro atoms. The second-order valence-corrected chi connectivity index (χ2v) is 7.10. The van der Waals surface area contributed by atoms with Gasteiger partial charge in [0.2, 0.25) is 15.9 Å². The molecule has 9 heteroatoms. The molecule has 0 bridgehead atoms. The lowest BCUT2D eigenvalue weighted by Gasteiger charge is -2.23. The lowest BCUT2D eigenvalue weighted by Crippen LogP contribution is -2.48. The maximum Gasteiger partial charge on any atom is 0.235 e. The van der Waals surface area contributed by atoms with Crippen molar-refractivity contribution in [3.8, 4) is 0 Å². The molecule has 1 atom stereocenters. The van der Waals surface area contributed by atoms with Crippen molar-refractivity contribution >= 4 is 28.3 Å². The van der Waals surface area contributed by atoms with Gasteiger partial charge in [0.15, 0.2) is 0 Å². The third kappa shape index (κ3) is 10.0. The SMILES string of the molecule is CC(C)OCCS(=O)(=O)NCC(=O)N[C@H]1CCCNC1.Cl. The van der Waals surface area contributed by atoms with Crippen LogP contribution in [0.1, 0.15) is 26.7 Å². The second kappa shape index (κ2) is 10.3. The molecule has 1 fully saturated rings. The van der Waals surface area contributed by atoms with Crippen molar-refractivity contribution in [1.82, 2.24) is 15.4 Å². The highest BCUT2D eigenvalue weighted by molar-refractivity contribution is 7.89. The Labute approximate surface area is 133 Å². The quantitative estimate of drug-likeness (QED) is 0.558. The van der Waals surface area contributed by atoms with Gasteiger partial charge in [-0.05, 0) is 33.2 Å². The molecule has 1 aliphatic heterocycles. The van der Waals surface area contributed by atoms with Gasteiger partial charge in [-0.2, -0.15) is 0 Å². The van der Waals surface area contributed by atoms with Gasteiger partial charge in [0.05, 0.1) is 25.0 Å². The van der Waals surface area contributed by atoms with Gasteiger partial charge in [0.25, 0.3) is 0 Å². The highest BCUT2D eigenvalue weighted by atomic mass is 35.5. The Hall–Kier alpha value is -0.410. The Morgan fingerprint density at radius 3 is 2.71 bits per heavy atom. The first-order valence-corrected chi connectivity index (χ1v) is 8.63. The number of rotatable bonds is 8. The summed E-state index contributed by atoms with van der Waals surface area (Å²) < 4.78 is 30.7. The van der Waals surface area contributed by atoms with Crippen LogP contribution in [0.4, 0.5) is 0 Å². The summed E-state index contributed by atoms with van der Waals surface area (Å²) in [7, 11) is -3.46. The number of nitrogens with one attached hydrogen (secondary N) is 3. The summed E-state index contributed by atoms with van der Waals surface area (Å²) in [4.78, 5) is 11.6. The summed E-state index contributed by atoms with van der Waals surface area (Å²) >= 11 is 0. The normalized spacial score (nSPS) is 19.1. The van der Waals surface area contributed by atoms with Crippen LogP contribution in [-0.2, 0) is 19.6 Å². The van der Waals surface area contributed by atoms with Gasteiger partial charge in [-0.25, -0.2) is 13.1 Å². The molecule has 126 valence electrons. The van der Waals surface area contributed by atoms with Crippen molar-refractivity contribution in [3.63, 3.8) is 0 Å². The first kappa shape index (κ1) is 20.6. The van der Waals surface area contributed by atoms with E-state index >= 15 is 0 Å². The molecule has 1 aliphatic rings. The van der Waals surface area contributed by atoms with Crippen molar-refractivity contribution < 1.29 is 17.9 Å². The number of halogens is 1. The molecule has 21 heavy (non-hydrogen) atoms. The van der Waals surface area contributed by atoms with E-state index in [0.29, 0.717) is 0 Å². The van der Waals surface area contributed by atoms with Gasteiger partial charge in [-0.1, -0.05) is 0 Å². The molecule has 1 amide bonds. The Morgan fingerprint density at radius 2 is 2.14 bits per heavy atom. The average Bonchev–Trinajstić information content (AvgIpc) is 2.37. The lowest BCUT2D eigenvalue weighted by atomic mass is 10.1. The molecule has 1 rings (SSSR count). The van der Waals surface area contributed by atoms with Crippen LogP contribution in [0, 0.1) is 0 Å². The lowest BCUT2D eigenvalue weighted by molar-refractivity contribution is -0.120. The standard InChI is InChI=1S/C12H25N3O4S.ClH/c1-10(2)19-6-7-20(17,18)14-9-12(16)15-11-4-3-5-13-8-11;/h10-11,13-14H,3-9H2,1-2H3,(H,15,16);1H/t11-;/m0./s1. The molecule has 0 aromatic carbocycles. The Kier molecular flexibility index (Phi) is 10.1. The number of ether oxygens (including phenoxy) is 1. The number of piperidine rings is 1. The van der Waals surface area contributed by atoms with Gasteiger partial charge in [0, 0.05) is 12.6 Å². The van der Waals surface area contributed by atoms with Crippen LogP contribution in [0.3, 0.4) is 0 Å². The summed E-state index contributed by atoms with van der Waals surface area (Å²) in [5.41, 5.74) is 0. The van der Waals surface area contributed by atoms with E-state index in [9.17, 15) is 13.2 Å². The predicted molar refractivity (Wildman–Crippen MR) is 84.2 cm³/mol. The Morgan fingerprint density at radius 1 is 1.43 bits per heavy atom. The molecular formula is C12H26ClN3O4S. The molecule has 1 saturated heterocycles. The molecule has 0 unspecified atom stereocenters. The van der Waals surface area contributed by atoms with Crippen LogP contribution in [-0.4, -0.2) is 58.5 Å². The van der Waals surface area contributed by atoms with Gasteiger partial charge < -0.3 is 15.4 Å². The van der Waals surface area contributed by atoms with E-state index in [1.807, 2.05) is 13.8 Å². The summed E-state index contributed by atoms with van der Waals surface area (Å²) in [5.74, 6) is -0.434. The van der Waals surface area contributed by atoms with Crippen molar-refractivity contribution in [2.45, 2.75) is 38.8 Å². The number of carbonyl (C=O) groups excluding carboxylic acids is 1. The fourth-order valence-corrected chi connectivity index (χ4v) is 2.71. The molecule has 3 N–H and O–H groups in total. The number of hydrogen-bond acceptors (Lipinski definition) is 5. The van der Waals surface area contributed by atoms with Gasteiger partial charge in [0.1, 0.15) is 0 Å². The van der Waals surface area contributed by atoms with E-state index in [0.717, 1.165) is 25.9 Å². The monoisotopic (exact) mass is 343 g/mol. The van der Waals surface area contributed by atoms with Crippen molar-refractivity contribution in [1.29, 1.82) is 0 Å². The molecule has 7 nitrogen and oxygen atoms in total. The van der Waals surface area contributed by atoms with Crippen LogP contribution < -0.4 is 15.4 Å². The van der Waals surface area contributed by atoms with E-state index < -0.39 is 10.0 Å².